The second-order valence-corrected chi connectivity index (χ2v) is 11.2. The van der Waals surface area contributed by atoms with Crippen LogP contribution in [-0.2, 0) is 0 Å². The van der Waals surface area contributed by atoms with Crippen molar-refractivity contribution in [3.63, 3.8) is 0 Å². The zero-order chi connectivity index (χ0) is 33.6. The van der Waals surface area contributed by atoms with Crippen molar-refractivity contribution < 1.29 is 28.6 Å². The zero-order valence-corrected chi connectivity index (χ0v) is 26.1. The normalized spacial score (nSPS) is 10.7. The number of hydrogen-bond donors (Lipinski definition) is 0. The lowest BCUT2D eigenvalue weighted by Gasteiger charge is -2.14. The van der Waals surface area contributed by atoms with Gasteiger partial charge in [-0.1, -0.05) is 133 Å². The van der Waals surface area contributed by atoms with Gasteiger partial charge in [0.1, 0.15) is 17.2 Å². The SMILES string of the molecule is O=C(Oc1ccccc1-c1ccccc1)c1cc(C(=O)Oc2ccccc2-c2ccccc2)cc(C(=O)Oc2cccc3ccccc23)c1. The third kappa shape index (κ3) is 6.84. The Kier molecular flexibility index (Phi) is 8.76. The summed E-state index contributed by atoms with van der Waals surface area (Å²) in [5.41, 5.74) is 3.05. The molecule has 6 heteroatoms. The van der Waals surface area contributed by atoms with Gasteiger partial charge < -0.3 is 14.2 Å². The molecule has 0 aromatic heterocycles. The minimum absolute atomic E-state index is 0.0259. The molecule has 0 saturated carbocycles. The van der Waals surface area contributed by atoms with Gasteiger partial charge in [0.15, 0.2) is 0 Å². The maximum Gasteiger partial charge on any atom is 0.343 e. The topological polar surface area (TPSA) is 78.9 Å². The highest BCUT2D eigenvalue weighted by atomic mass is 16.5. The lowest BCUT2D eigenvalue weighted by atomic mass is 10.0. The van der Waals surface area contributed by atoms with E-state index in [1.807, 2.05) is 115 Å². The number of hydrogen-bond acceptors (Lipinski definition) is 6. The maximum atomic E-state index is 13.8. The van der Waals surface area contributed by atoms with Gasteiger partial charge in [-0.25, -0.2) is 14.4 Å². The molecule has 0 aliphatic heterocycles. The highest BCUT2D eigenvalue weighted by Crippen LogP contribution is 2.32. The Morgan fingerprint density at radius 2 is 0.714 bits per heavy atom. The van der Waals surface area contributed by atoms with Crippen LogP contribution >= 0.6 is 0 Å². The predicted octanol–water partition coefficient (Wildman–Crippen LogP) is 9.83. The molecule has 0 unspecified atom stereocenters. The molecule has 7 aromatic rings. The fourth-order valence-electron chi connectivity index (χ4n) is 5.57. The van der Waals surface area contributed by atoms with E-state index in [2.05, 4.69) is 0 Å². The van der Waals surface area contributed by atoms with Crippen LogP contribution in [0.5, 0.6) is 17.2 Å². The van der Waals surface area contributed by atoms with Gasteiger partial charge in [-0.2, -0.15) is 0 Å². The van der Waals surface area contributed by atoms with Crippen LogP contribution in [0.4, 0.5) is 0 Å². The van der Waals surface area contributed by atoms with Crippen LogP contribution in [0.1, 0.15) is 31.1 Å². The molecule has 0 aliphatic carbocycles. The Balaban J connectivity index is 1.25. The van der Waals surface area contributed by atoms with Gasteiger partial charge in [0, 0.05) is 16.5 Å². The molecule has 0 spiro atoms. The maximum absolute atomic E-state index is 13.8. The van der Waals surface area contributed by atoms with E-state index in [1.54, 1.807) is 36.4 Å². The molecule has 236 valence electrons. The second kappa shape index (κ2) is 13.9. The first-order valence-corrected chi connectivity index (χ1v) is 15.6. The first-order chi connectivity index (χ1) is 24.0. The molecular formula is C43H28O6. The zero-order valence-electron chi connectivity index (χ0n) is 26.1. The van der Waals surface area contributed by atoms with Crippen LogP contribution in [-0.4, -0.2) is 17.9 Å². The molecule has 0 bridgehead atoms. The molecule has 0 atom stereocenters. The van der Waals surface area contributed by atoms with Crippen molar-refractivity contribution in [1.82, 2.24) is 0 Å². The van der Waals surface area contributed by atoms with E-state index in [1.165, 1.54) is 18.2 Å². The third-order valence-electron chi connectivity index (χ3n) is 7.94. The summed E-state index contributed by atoms with van der Waals surface area (Å²) in [4.78, 5) is 41.2. The summed E-state index contributed by atoms with van der Waals surface area (Å²) in [5.74, 6) is -1.29. The average Bonchev–Trinajstić information content (AvgIpc) is 3.16. The van der Waals surface area contributed by atoms with Crippen molar-refractivity contribution in [1.29, 1.82) is 0 Å². The Bertz CT molecular complexity index is 2190. The summed E-state index contributed by atoms with van der Waals surface area (Å²) in [6, 6.07) is 50.3. The fraction of sp³-hybridized carbons (Fsp3) is 0. The monoisotopic (exact) mass is 640 g/mol. The van der Waals surface area contributed by atoms with Gasteiger partial charge >= 0.3 is 17.9 Å². The summed E-state index contributed by atoms with van der Waals surface area (Å²) >= 11 is 0. The fourth-order valence-corrected chi connectivity index (χ4v) is 5.57. The number of fused-ring (bicyclic) bond motifs is 1. The summed E-state index contributed by atoms with van der Waals surface area (Å²) in [6.45, 7) is 0. The number of carbonyl (C=O) groups is 3. The number of esters is 3. The highest BCUT2D eigenvalue weighted by molar-refractivity contribution is 6.03. The Morgan fingerprint density at radius 3 is 1.22 bits per heavy atom. The largest absolute Gasteiger partial charge is 0.422 e. The van der Waals surface area contributed by atoms with E-state index in [9.17, 15) is 14.4 Å². The molecule has 7 aromatic carbocycles. The van der Waals surface area contributed by atoms with Gasteiger partial charge in [-0.05, 0) is 52.9 Å². The summed E-state index contributed by atoms with van der Waals surface area (Å²) in [5, 5.41) is 1.63. The van der Waals surface area contributed by atoms with Crippen LogP contribution in [0.15, 0.2) is 170 Å². The molecule has 0 amide bonds. The third-order valence-corrected chi connectivity index (χ3v) is 7.94. The van der Waals surface area contributed by atoms with E-state index in [0.29, 0.717) is 28.4 Å². The lowest BCUT2D eigenvalue weighted by Crippen LogP contribution is -2.17. The quantitative estimate of drug-likeness (QED) is 0.122. The van der Waals surface area contributed by atoms with Crippen molar-refractivity contribution in [2.24, 2.45) is 0 Å². The van der Waals surface area contributed by atoms with E-state index in [-0.39, 0.29) is 16.7 Å². The number of ether oxygens (including phenoxy) is 3. The Labute approximate surface area is 282 Å². The predicted molar refractivity (Wildman–Crippen MR) is 189 cm³/mol. The van der Waals surface area contributed by atoms with E-state index >= 15 is 0 Å². The average molecular weight is 641 g/mol. The molecule has 0 saturated heterocycles. The molecule has 0 radical (unpaired) electrons. The van der Waals surface area contributed by atoms with Crippen LogP contribution in [0.3, 0.4) is 0 Å². The van der Waals surface area contributed by atoms with Gasteiger partial charge in [-0.15, -0.1) is 0 Å². The Morgan fingerprint density at radius 1 is 0.347 bits per heavy atom. The molecule has 0 N–H and O–H groups in total. The summed E-state index contributed by atoms with van der Waals surface area (Å²) in [7, 11) is 0. The van der Waals surface area contributed by atoms with Crippen molar-refractivity contribution in [2.75, 3.05) is 0 Å². The molecule has 0 heterocycles. The molecular weight excluding hydrogens is 612 g/mol. The first kappa shape index (κ1) is 30.8. The van der Waals surface area contributed by atoms with E-state index in [0.717, 1.165) is 21.9 Å². The number of rotatable bonds is 8. The molecule has 6 nitrogen and oxygen atoms in total. The second-order valence-electron chi connectivity index (χ2n) is 11.2. The molecule has 0 fully saturated rings. The van der Waals surface area contributed by atoms with Crippen LogP contribution < -0.4 is 14.2 Å². The minimum Gasteiger partial charge on any atom is -0.422 e. The van der Waals surface area contributed by atoms with E-state index < -0.39 is 17.9 Å². The summed E-state index contributed by atoms with van der Waals surface area (Å²) in [6.07, 6.45) is 0. The number of benzene rings is 7. The minimum atomic E-state index is -0.762. The van der Waals surface area contributed by atoms with Crippen LogP contribution in [0.25, 0.3) is 33.0 Å². The van der Waals surface area contributed by atoms with Crippen molar-refractivity contribution in [3.8, 4) is 39.5 Å². The summed E-state index contributed by atoms with van der Waals surface area (Å²) < 4.78 is 17.6. The molecule has 7 rings (SSSR count). The van der Waals surface area contributed by atoms with Crippen molar-refractivity contribution in [3.05, 3.63) is 187 Å². The smallest absolute Gasteiger partial charge is 0.343 e. The van der Waals surface area contributed by atoms with Gasteiger partial charge in [0.05, 0.1) is 16.7 Å². The number of carbonyl (C=O) groups excluding carboxylic acids is 3. The standard InChI is InChI=1S/C43H28O6/c44-41(47-38-23-11-9-21-35(38)29-14-3-1-4-15-29)32-26-33(42(45)48-39-24-12-10-22-36(39)30-16-5-2-6-17-30)28-34(27-32)43(46)49-40-25-13-19-31-18-7-8-20-37(31)40/h1-28H. The first-order valence-electron chi connectivity index (χ1n) is 15.6. The van der Waals surface area contributed by atoms with E-state index in [4.69, 9.17) is 14.2 Å². The number of para-hydroxylation sites is 2. The van der Waals surface area contributed by atoms with Gasteiger partial charge in [0.2, 0.25) is 0 Å². The van der Waals surface area contributed by atoms with Gasteiger partial charge in [0.25, 0.3) is 0 Å². The lowest BCUT2D eigenvalue weighted by molar-refractivity contribution is 0.0735. The van der Waals surface area contributed by atoms with Crippen molar-refractivity contribution in [2.45, 2.75) is 0 Å². The molecule has 0 aliphatic rings. The Hall–Kier alpha value is -6.79. The van der Waals surface area contributed by atoms with Crippen LogP contribution in [0.2, 0.25) is 0 Å². The highest BCUT2D eigenvalue weighted by Gasteiger charge is 2.22. The van der Waals surface area contributed by atoms with Crippen molar-refractivity contribution >= 4 is 28.7 Å². The molecule has 49 heavy (non-hydrogen) atoms. The van der Waals surface area contributed by atoms with Crippen LogP contribution in [0, 0.1) is 0 Å². The van der Waals surface area contributed by atoms with Gasteiger partial charge in [-0.3, -0.25) is 0 Å².